The van der Waals surface area contributed by atoms with Gasteiger partial charge in [-0.05, 0) is 36.8 Å². The Balaban J connectivity index is 1.61. The van der Waals surface area contributed by atoms with Crippen molar-refractivity contribution in [3.05, 3.63) is 59.8 Å². The Bertz CT molecular complexity index is 862. The maximum Gasteiger partial charge on any atom is 0.231 e. The average molecular weight is 367 g/mol. The number of ether oxygens (including phenoxy) is 2. The summed E-state index contributed by atoms with van der Waals surface area (Å²) in [6.45, 7) is 2.40. The zero-order valence-corrected chi connectivity index (χ0v) is 15.5. The highest BCUT2D eigenvalue weighted by molar-refractivity contribution is 8.00. The van der Waals surface area contributed by atoms with Gasteiger partial charge in [0.05, 0.1) is 5.69 Å². The van der Waals surface area contributed by atoms with E-state index in [9.17, 15) is 4.79 Å². The highest BCUT2D eigenvalue weighted by Crippen LogP contribution is 2.41. The molecule has 2 aliphatic heterocycles. The Kier molecular flexibility index (Phi) is 4.89. The number of benzene rings is 2. The smallest absolute Gasteiger partial charge is 0.231 e. The SMILES string of the molecule is CCCCC1Sc2ccccc2N/C1=C\C(=O)c1ccc2c(c1)OCO2. The Labute approximate surface area is 157 Å². The maximum atomic E-state index is 12.8. The van der Waals surface area contributed by atoms with Crippen molar-refractivity contribution in [3.63, 3.8) is 0 Å². The van der Waals surface area contributed by atoms with Crippen molar-refractivity contribution < 1.29 is 14.3 Å². The standard InChI is InChI=1S/C21H21NO3S/c1-2-3-7-21-16(22-15-6-4-5-8-20(15)26-21)12-17(23)14-9-10-18-19(11-14)25-13-24-18/h4-6,8-12,21-22H,2-3,7,13H2,1H3/b16-12-. The van der Waals surface area contributed by atoms with Crippen molar-refractivity contribution in [1.29, 1.82) is 0 Å². The van der Waals surface area contributed by atoms with Crippen LogP contribution >= 0.6 is 11.8 Å². The Morgan fingerprint density at radius 3 is 2.96 bits per heavy atom. The molecule has 1 atom stereocenters. The van der Waals surface area contributed by atoms with Crippen molar-refractivity contribution in [2.24, 2.45) is 0 Å². The first kappa shape index (κ1) is 17.0. The number of carbonyl (C=O) groups is 1. The average Bonchev–Trinajstić information content (AvgIpc) is 3.14. The van der Waals surface area contributed by atoms with Gasteiger partial charge in [0.15, 0.2) is 17.3 Å². The first-order valence-corrected chi connectivity index (χ1v) is 9.81. The van der Waals surface area contributed by atoms with Crippen molar-refractivity contribution in [2.45, 2.75) is 36.3 Å². The fraction of sp³-hybridized carbons (Fsp3) is 0.286. The zero-order chi connectivity index (χ0) is 17.9. The van der Waals surface area contributed by atoms with Crippen LogP contribution in [-0.2, 0) is 0 Å². The maximum absolute atomic E-state index is 12.8. The number of fused-ring (bicyclic) bond motifs is 2. The molecule has 0 spiro atoms. The summed E-state index contributed by atoms with van der Waals surface area (Å²) in [5, 5.41) is 3.74. The van der Waals surface area contributed by atoms with Crippen molar-refractivity contribution in [1.82, 2.24) is 0 Å². The number of allylic oxidation sites excluding steroid dienone is 1. The van der Waals surface area contributed by atoms with Crippen LogP contribution in [0.2, 0.25) is 0 Å². The second kappa shape index (κ2) is 7.46. The third-order valence-corrected chi connectivity index (χ3v) is 5.93. The van der Waals surface area contributed by atoms with E-state index >= 15 is 0 Å². The molecule has 2 aromatic rings. The van der Waals surface area contributed by atoms with E-state index < -0.39 is 0 Å². The van der Waals surface area contributed by atoms with Gasteiger partial charge in [-0.25, -0.2) is 0 Å². The highest BCUT2D eigenvalue weighted by atomic mass is 32.2. The lowest BCUT2D eigenvalue weighted by Crippen LogP contribution is -2.20. The number of thioether (sulfide) groups is 1. The van der Waals surface area contributed by atoms with Crippen LogP contribution in [0.15, 0.2) is 59.1 Å². The largest absolute Gasteiger partial charge is 0.454 e. The minimum atomic E-state index is -0.0210. The molecule has 2 heterocycles. The highest BCUT2D eigenvalue weighted by Gasteiger charge is 2.24. The van der Waals surface area contributed by atoms with Crippen molar-refractivity contribution >= 4 is 23.2 Å². The molecule has 4 rings (SSSR count). The Hall–Kier alpha value is -2.40. The monoisotopic (exact) mass is 367 g/mol. The van der Waals surface area contributed by atoms with Crippen LogP contribution in [0.5, 0.6) is 11.5 Å². The molecule has 0 fully saturated rings. The second-order valence-electron chi connectivity index (χ2n) is 6.40. The summed E-state index contributed by atoms with van der Waals surface area (Å²) in [6.07, 6.45) is 5.06. The number of hydrogen-bond donors (Lipinski definition) is 1. The molecule has 0 aromatic heterocycles. The van der Waals surface area contributed by atoms with Crippen LogP contribution < -0.4 is 14.8 Å². The summed E-state index contributed by atoms with van der Waals surface area (Å²) in [5.41, 5.74) is 2.65. The molecule has 134 valence electrons. The molecule has 0 bridgehead atoms. The van der Waals surface area contributed by atoms with Crippen LogP contribution in [0.3, 0.4) is 0 Å². The molecule has 0 saturated heterocycles. The van der Waals surface area contributed by atoms with Gasteiger partial charge in [0.1, 0.15) is 0 Å². The number of anilines is 1. The summed E-state index contributed by atoms with van der Waals surface area (Å²) in [5.74, 6) is 1.30. The van der Waals surface area contributed by atoms with Gasteiger partial charge >= 0.3 is 0 Å². The molecule has 1 unspecified atom stereocenters. The molecule has 2 aromatic carbocycles. The van der Waals surface area contributed by atoms with Gasteiger partial charge in [0.25, 0.3) is 0 Å². The van der Waals surface area contributed by atoms with Gasteiger partial charge < -0.3 is 14.8 Å². The third kappa shape index (κ3) is 3.44. The molecule has 0 saturated carbocycles. The van der Waals surface area contributed by atoms with Crippen molar-refractivity contribution in [3.8, 4) is 11.5 Å². The van der Waals surface area contributed by atoms with E-state index in [2.05, 4.69) is 30.4 Å². The lowest BCUT2D eigenvalue weighted by atomic mass is 10.1. The number of unbranched alkanes of at least 4 members (excludes halogenated alkanes) is 1. The molecular weight excluding hydrogens is 346 g/mol. The van der Waals surface area contributed by atoms with E-state index in [1.807, 2.05) is 17.8 Å². The van der Waals surface area contributed by atoms with Crippen LogP contribution in [0, 0.1) is 0 Å². The number of nitrogens with one attached hydrogen (secondary N) is 1. The fourth-order valence-corrected chi connectivity index (χ4v) is 4.38. The quantitative estimate of drug-likeness (QED) is 0.577. The second-order valence-corrected chi connectivity index (χ2v) is 7.65. The molecule has 0 radical (unpaired) electrons. The van der Waals surface area contributed by atoms with Gasteiger partial charge in [0, 0.05) is 27.5 Å². The van der Waals surface area contributed by atoms with E-state index in [0.29, 0.717) is 17.1 Å². The lowest BCUT2D eigenvalue weighted by molar-refractivity contribution is 0.104. The van der Waals surface area contributed by atoms with E-state index in [-0.39, 0.29) is 17.8 Å². The van der Waals surface area contributed by atoms with Gasteiger partial charge in [0.2, 0.25) is 6.79 Å². The zero-order valence-electron chi connectivity index (χ0n) is 14.7. The molecule has 0 aliphatic carbocycles. The summed E-state index contributed by atoms with van der Waals surface area (Å²) in [7, 11) is 0. The molecule has 26 heavy (non-hydrogen) atoms. The van der Waals surface area contributed by atoms with E-state index in [1.54, 1.807) is 24.3 Å². The number of para-hydroxylation sites is 1. The molecule has 4 nitrogen and oxygen atoms in total. The number of rotatable bonds is 5. The van der Waals surface area contributed by atoms with Gasteiger partial charge in [-0.3, -0.25) is 4.79 Å². The molecular formula is C21H21NO3S. The minimum Gasteiger partial charge on any atom is -0.454 e. The summed E-state index contributed by atoms with van der Waals surface area (Å²) < 4.78 is 10.7. The topological polar surface area (TPSA) is 47.6 Å². The van der Waals surface area contributed by atoms with Gasteiger partial charge in [-0.2, -0.15) is 0 Å². The van der Waals surface area contributed by atoms with Crippen LogP contribution in [0.1, 0.15) is 36.5 Å². The van der Waals surface area contributed by atoms with Crippen molar-refractivity contribution in [2.75, 3.05) is 12.1 Å². The van der Waals surface area contributed by atoms with Crippen LogP contribution in [0.4, 0.5) is 5.69 Å². The van der Waals surface area contributed by atoms with Gasteiger partial charge in [-0.1, -0.05) is 31.9 Å². The Morgan fingerprint density at radius 1 is 1.23 bits per heavy atom. The third-order valence-electron chi connectivity index (χ3n) is 4.55. The fourth-order valence-electron chi connectivity index (χ4n) is 3.13. The molecule has 2 aliphatic rings. The summed E-state index contributed by atoms with van der Waals surface area (Å²) >= 11 is 1.83. The lowest BCUT2D eigenvalue weighted by Gasteiger charge is -2.28. The van der Waals surface area contributed by atoms with E-state index in [0.717, 1.165) is 30.6 Å². The first-order chi connectivity index (χ1) is 12.7. The van der Waals surface area contributed by atoms with E-state index in [1.165, 1.54) is 4.90 Å². The Morgan fingerprint density at radius 2 is 2.08 bits per heavy atom. The summed E-state index contributed by atoms with van der Waals surface area (Å²) in [6, 6.07) is 13.6. The first-order valence-electron chi connectivity index (χ1n) is 8.93. The minimum absolute atomic E-state index is 0.0210. The predicted molar refractivity (Wildman–Crippen MR) is 104 cm³/mol. The van der Waals surface area contributed by atoms with Crippen LogP contribution in [0.25, 0.3) is 0 Å². The number of carbonyl (C=O) groups excluding carboxylic acids is 1. The number of hydrogen-bond acceptors (Lipinski definition) is 5. The molecule has 0 amide bonds. The van der Waals surface area contributed by atoms with Gasteiger partial charge in [-0.15, -0.1) is 11.8 Å². The number of ketones is 1. The normalized spacial score (nSPS) is 19.1. The van der Waals surface area contributed by atoms with E-state index in [4.69, 9.17) is 9.47 Å². The molecule has 1 N–H and O–H groups in total. The summed E-state index contributed by atoms with van der Waals surface area (Å²) in [4.78, 5) is 14.1. The van der Waals surface area contributed by atoms with Crippen LogP contribution in [-0.4, -0.2) is 17.8 Å². The molecule has 5 heteroatoms. The predicted octanol–water partition coefficient (Wildman–Crippen LogP) is 5.26.